The highest BCUT2D eigenvalue weighted by molar-refractivity contribution is 6.12. The number of rotatable bonds is 6. The molecule has 4 rings (SSSR count). The summed E-state index contributed by atoms with van der Waals surface area (Å²) >= 11 is 0. The molecular formula is C26H16F10N6O6. The summed E-state index contributed by atoms with van der Waals surface area (Å²) in [5.74, 6) is -9.86. The van der Waals surface area contributed by atoms with Gasteiger partial charge in [-0.3, -0.25) is 29.8 Å². The van der Waals surface area contributed by atoms with Gasteiger partial charge in [-0.15, -0.1) is 0 Å². The topological polar surface area (TPSA) is 169 Å². The van der Waals surface area contributed by atoms with Crippen LogP contribution in [0.1, 0.15) is 0 Å². The molecule has 0 saturated carbocycles. The van der Waals surface area contributed by atoms with Crippen LogP contribution in [0.2, 0.25) is 0 Å². The van der Waals surface area contributed by atoms with Crippen molar-refractivity contribution in [2.75, 3.05) is 35.4 Å². The number of alkyl halides is 6. The number of hydrogen-bond donors (Lipinski definition) is 4. The summed E-state index contributed by atoms with van der Waals surface area (Å²) in [5, 5.41) is 26.8. The highest BCUT2D eigenvalue weighted by atomic mass is 19.4. The highest BCUT2D eigenvalue weighted by Crippen LogP contribution is 2.44. The number of nitrogens with zero attached hydrogens (tertiary/aromatic N) is 2. The van der Waals surface area contributed by atoms with E-state index in [0.29, 0.717) is 0 Å². The quantitative estimate of drug-likeness (QED) is 0.0936. The molecule has 0 spiro atoms. The first-order chi connectivity index (χ1) is 22.1. The van der Waals surface area contributed by atoms with Gasteiger partial charge in [0.2, 0.25) is 0 Å². The Bertz CT molecular complexity index is 1980. The lowest BCUT2D eigenvalue weighted by Gasteiger charge is -2.14. The molecule has 0 heterocycles. The minimum Gasteiger partial charge on any atom is -0.388 e. The molecule has 0 atom stereocenters. The van der Waals surface area contributed by atoms with Crippen molar-refractivity contribution in [2.45, 2.75) is 12.4 Å². The molecule has 4 N–H and O–H groups in total. The van der Waals surface area contributed by atoms with Crippen molar-refractivity contribution in [3.63, 3.8) is 0 Å². The minimum atomic E-state index is -5.49. The van der Waals surface area contributed by atoms with Crippen molar-refractivity contribution in [2.24, 2.45) is 0 Å². The SMILES string of the molecule is CNc1c([N+](=O)[O-])cc(F)c2c(NC(=O)C(F)(F)F)c([N+](=O)[O-])cc(F)c12.CNc1ccc(F)c2c(NC(=O)C(F)(F)F)ccc(F)c12. The number of carbonyl (C=O) groups excluding carboxylic acids is 2. The van der Waals surface area contributed by atoms with Crippen LogP contribution in [-0.2, 0) is 9.59 Å². The lowest BCUT2D eigenvalue weighted by molar-refractivity contribution is -0.384. The minimum absolute atomic E-state index is 0.123. The molecule has 0 radical (unpaired) electrons. The Hall–Kier alpha value is -5.96. The van der Waals surface area contributed by atoms with E-state index in [0.717, 1.165) is 30.6 Å². The van der Waals surface area contributed by atoms with Gasteiger partial charge in [0.1, 0.15) is 34.6 Å². The van der Waals surface area contributed by atoms with E-state index in [-0.39, 0.29) is 23.2 Å². The molecule has 48 heavy (non-hydrogen) atoms. The van der Waals surface area contributed by atoms with Gasteiger partial charge in [-0.2, -0.15) is 26.3 Å². The zero-order valence-corrected chi connectivity index (χ0v) is 23.6. The summed E-state index contributed by atoms with van der Waals surface area (Å²) in [5.41, 5.74) is -4.54. The maximum absolute atomic E-state index is 14.4. The lowest BCUT2D eigenvalue weighted by atomic mass is 10.0. The van der Waals surface area contributed by atoms with Crippen molar-refractivity contribution in [1.82, 2.24) is 0 Å². The maximum Gasteiger partial charge on any atom is 0.471 e. The normalized spacial score (nSPS) is 11.4. The van der Waals surface area contributed by atoms with E-state index in [2.05, 4.69) is 10.6 Å². The van der Waals surface area contributed by atoms with Crippen LogP contribution < -0.4 is 21.3 Å². The van der Waals surface area contributed by atoms with Crippen molar-refractivity contribution < 1.29 is 63.3 Å². The van der Waals surface area contributed by atoms with E-state index in [4.69, 9.17) is 0 Å². The first-order valence-electron chi connectivity index (χ1n) is 12.5. The standard InChI is InChI=1S/C13H7F5N4O5.C13H9F5N2O/c1-19-10-6(21(24)25)2-5(15)9-8(10)4(14)3-7(22(26)27)11(9)20-12(23)13(16,17)18;1-19-8-4-2-7(15)11-9(5-3-6(14)10(8)11)20-12(21)13(16,17)18/h2-3,19H,1H3,(H,20,23);2-5,19H,1H3,(H,20,21). The van der Waals surface area contributed by atoms with Crippen LogP contribution in [0.25, 0.3) is 21.5 Å². The van der Waals surface area contributed by atoms with Gasteiger partial charge in [0.05, 0.1) is 38.4 Å². The fraction of sp³-hybridized carbons (Fsp3) is 0.154. The number of hydrogen-bond acceptors (Lipinski definition) is 8. The number of benzene rings is 4. The summed E-state index contributed by atoms with van der Waals surface area (Å²) in [6.07, 6.45) is -10.6. The largest absolute Gasteiger partial charge is 0.471 e. The van der Waals surface area contributed by atoms with Gasteiger partial charge < -0.3 is 21.3 Å². The number of nitro groups is 2. The average molecular weight is 698 g/mol. The Kier molecular flexibility index (Phi) is 10.2. The molecule has 2 amide bonds. The Morgan fingerprint density at radius 3 is 1.40 bits per heavy atom. The second kappa shape index (κ2) is 13.4. The van der Waals surface area contributed by atoms with Gasteiger partial charge in [-0.25, -0.2) is 17.6 Å². The zero-order valence-electron chi connectivity index (χ0n) is 23.6. The monoisotopic (exact) mass is 698 g/mol. The molecule has 0 bridgehead atoms. The molecular weight excluding hydrogens is 682 g/mol. The van der Waals surface area contributed by atoms with Gasteiger partial charge in [0.25, 0.3) is 11.4 Å². The van der Waals surface area contributed by atoms with Crippen LogP contribution in [0, 0.1) is 43.5 Å². The highest BCUT2D eigenvalue weighted by Gasteiger charge is 2.41. The number of nitrogens with one attached hydrogen (secondary N) is 4. The summed E-state index contributed by atoms with van der Waals surface area (Å²) in [4.78, 5) is 41.8. The van der Waals surface area contributed by atoms with Crippen molar-refractivity contribution in [3.8, 4) is 0 Å². The first kappa shape index (κ1) is 36.5. The third kappa shape index (κ3) is 7.20. The van der Waals surface area contributed by atoms with Gasteiger partial charge in [0.15, 0.2) is 0 Å². The van der Waals surface area contributed by atoms with Crippen LogP contribution in [0.5, 0.6) is 0 Å². The molecule has 4 aromatic rings. The molecule has 12 nitrogen and oxygen atoms in total. The molecule has 0 saturated heterocycles. The second-order valence-electron chi connectivity index (χ2n) is 9.11. The summed E-state index contributed by atoms with van der Waals surface area (Å²) in [6, 6.07) is 4.31. The maximum atomic E-state index is 14.4. The summed E-state index contributed by atoms with van der Waals surface area (Å²) < 4.78 is 131. The molecule has 0 fully saturated rings. The number of carbonyl (C=O) groups is 2. The Morgan fingerprint density at radius 2 is 0.979 bits per heavy atom. The number of halogens is 10. The van der Waals surface area contributed by atoms with E-state index in [9.17, 15) is 73.7 Å². The van der Waals surface area contributed by atoms with Crippen LogP contribution >= 0.6 is 0 Å². The molecule has 0 unspecified atom stereocenters. The Balaban J connectivity index is 0.000000269. The van der Waals surface area contributed by atoms with Crippen LogP contribution in [0.3, 0.4) is 0 Å². The second-order valence-corrected chi connectivity index (χ2v) is 9.11. The van der Waals surface area contributed by atoms with Crippen molar-refractivity contribution in [1.29, 1.82) is 0 Å². The Morgan fingerprint density at radius 1 is 0.583 bits per heavy atom. The smallest absolute Gasteiger partial charge is 0.388 e. The lowest BCUT2D eigenvalue weighted by Crippen LogP contribution is -2.30. The van der Waals surface area contributed by atoms with Crippen molar-refractivity contribution >= 4 is 67.5 Å². The first-order valence-corrected chi connectivity index (χ1v) is 12.5. The van der Waals surface area contributed by atoms with Crippen LogP contribution in [-0.4, -0.2) is 48.1 Å². The fourth-order valence-corrected chi connectivity index (χ4v) is 4.28. The van der Waals surface area contributed by atoms with E-state index >= 15 is 0 Å². The van der Waals surface area contributed by atoms with Gasteiger partial charge in [0, 0.05) is 30.6 Å². The molecule has 22 heteroatoms. The third-order valence-corrected chi connectivity index (χ3v) is 6.24. The van der Waals surface area contributed by atoms with Crippen LogP contribution in [0.4, 0.5) is 78.0 Å². The van der Waals surface area contributed by atoms with E-state index in [1.54, 1.807) is 5.32 Å². The fourth-order valence-electron chi connectivity index (χ4n) is 4.28. The Labute approximate surface area is 259 Å². The average Bonchev–Trinajstić information content (AvgIpc) is 2.98. The van der Waals surface area contributed by atoms with Crippen LogP contribution in [0.15, 0.2) is 36.4 Å². The molecule has 0 aliphatic carbocycles. The predicted octanol–water partition coefficient (Wildman–Crippen LogP) is 7.14. The van der Waals surface area contributed by atoms with E-state index in [1.807, 2.05) is 0 Å². The number of anilines is 4. The number of amides is 2. The van der Waals surface area contributed by atoms with E-state index in [1.165, 1.54) is 13.1 Å². The molecule has 4 aromatic carbocycles. The molecule has 256 valence electrons. The van der Waals surface area contributed by atoms with Crippen molar-refractivity contribution in [3.05, 3.63) is 79.9 Å². The molecule has 0 aromatic heterocycles. The van der Waals surface area contributed by atoms with Gasteiger partial charge in [-0.1, -0.05) is 0 Å². The molecule has 0 aliphatic heterocycles. The van der Waals surface area contributed by atoms with E-state index < -0.39 is 102 Å². The summed E-state index contributed by atoms with van der Waals surface area (Å²) in [6.45, 7) is 0. The summed E-state index contributed by atoms with van der Waals surface area (Å²) in [7, 11) is 2.53. The number of nitro benzene ring substituents is 2. The van der Waals surface area contributed by atoms with Gasteiger partial charge in [-0.05, 0) is 24.3 Å². The zero-order chi connectivity index (χ0) is 36.5. The number of fused-ring (bicyclic) bond motifs is 2. The third-order valence-electron chi connectivity index (χ3n) is 6.24. The predicted molar refractivity (Wildman–Crippen MR) is 149 cm³/mol. The van der Waals surface area contributed by atoms with Gasteiger partial charge >= 0.3 is 24.2 Å². The molecule has 0 aliphatic rings.